The molecule has 0 spiro atoms. The second kappa shape index (κ2) is 3.87. The van der Waals surface area contributed by atoms with E-state index in [4.69, 9.17) is 0 Å². The third kappa shape index (κ3) is 1.61. The van der Waals surface area contributed by atoms with Crippen LogP contribution in [0.25, 0.3) is 16.7 Å². The van der Waals surface area contributed by atoms with Gasteiger partial charge in [-0.1, -0.05) is 18.2 Å². The van der Waals surface area contributed by atoms with Gasteiger partial charge < -0.3 is 0 Å². The van der Waals surface area contributed by atoms with Crippen LogP contribution in [0.2, 0.25) is 0 Å². The molecule has 0 N–H and O–H groups in total. The molecule has 0 saturated heterocycles. The van der Waals surface area contributed by atoms with Crippen molar-refractivity contribution in [2.45, 2.75) is 0 Å². The molecule has 0 fully saturated rings. The molecular weight excluding hydrogens is 212 g/mol. The minimum absolute atomic E-state index is 0.0672. The van der Waals surface area contributed by atoms with Crippen LogP contribution in [0.15, 0.2) is 65.6 Å². The van der Waals surface area contributed by atoms with Gasteiger partial charge in [-0.25, -0.2) is 4.98 Å². The second-order valence-corrected chi connectivity index (χ2v) is 3.76. The number of pyridine rings is 2. The molecule has 17 heavy (non-hydrogen) atoms. The van der Waals surface area contributed by atoms with Gasteiger partial charge in [0.2, 0.25) is 0 Å². The maximum absolute atomic E-state index is 12.0. The summed E-state index contributed by atoms with van der Waals surface area (Å²) in [5.74, 6) is 0. The van der Waals surface area contributed by atoms with E-state index in [9.17, 15) is 4.79 Å². The lowest BCUT2D eigenvalue weighted by molar-refractivity contribution is 1.02. The standard InChI is InChI=1S/C14H10N2O/c17-13-9-8-11-5-4-10-15-14(11)16(13)12-6-2-1-3-7-12/h1-10H. The van der Waals surface area contributed by atoms with Gasteiger partial charge in [-0.15, -0.1) is 0 Å². The Morgan fingerprint density at radius 1 is 0.882 bits per heavy atom. The smallest absolute Gasteiger partial charge is 0.256 e. The Labute approximate surface area is 98.0 Å². The third-order valence-electron chi connectivity index (χ3n) is 2.67. The summed E-state index contributed by atoms with van der Waals surface area (Å²) in [6.07, 6.45) is 1.70. The number of nitrogens with zero attached hydrogens (tertiary/aromatic N) is 2. The first kappa shape index (κ1) is 9.78. The summed E-state index contributed by atoms with van der Waals surface area (Å²) < 4.78 is 1.62. The molecule has 3 rings (SSSR count). The lowest BCUT2D eigenvalue weighted by Crippen LogP contribution is -2.17. The highest BCUT2D eigenvalue weighted by molar-refractivity contribution is 5.76. The van der Waals surface area contributed by atoms with Crippen molar-refractivity contribution < 1.29 is 0 Å². The van der Waals surface area contributed by atoms with Gasteiger partial charge in [-0.05, 0) is 30.3 Å². The van der Waals surface area contributed by atoms with E-state index in [0.717, 1.165) is 11.1 Å². The zero-order chi connectivity index (χ0) is 11.7. The summed E-state index contributed by atoms with van der Waals surface area (Å²) in [4.78, 5) is 16.2. The molecule has 0 unspecified atom stereocenters. The average Bonchev–Trinajstić information content (AvgIpc) is 2.39. The highest BCUT2D eigenvalue weighted by Crippen LogP contribution is 2.13. The summed E-state index contributed by atoms with van der Waals surface area (Å²) in [7, 11) is 0. The van der Waals surface area contributed by atoms with Gasteiger partial charge >= 0.3 is 0 Å². The van der Waals surface area contributed by atoms with E-state index in [0.29, 0.717) is 5.65 Å². The predicted molar refractivity (Wildman–Crippen MR) is 67.3 cm³/mol. The van der Waals surface area contributed by atoms with Crippen molar-refractivity contribution in [3.8, 4) is 5.69 Å². The predicted octanol–water partition coefficient (Wildman–Crippen LogP) is 2.39. The van der Waals surface area contributed by atoms with Gasteiger partial charge in [0.1, 0.15) is 5.65 Å². The Balaban J connectivity index is 2.43. The Morgan fingerprint density at radius 2 is 1.71 bits per heavy atom. The molecular formula is C14H10N2O. The van der Waals surface area contributed by atoms with Gasteiger partial charge in [0.25, 0.3) is 5.56 Å². The molecule has 0 radical (unpaired) electrons. The van der Waals surface area contributed by atoms with E-state index in [2.05, 4.69) is 4.98 Å². The summed E-state index contributed by atoms with van der Waals surface area (Å²) in [6.45, 7) is 0. The van der Waals surface area contributed by atoms with Gasteiger partial charge in [0, 0.05) is 17.6 Å². The van der Waals surface area contributed by atoms with E-state index >= 15 is 0 Å². The molecule has 1 aromatic carbocycles. The van der Waals surface area contributed by atoms with Crippen molar-refractivity contribution in [1.82, 2.24) is 9.55 Å². The lowest BCUT2D eigenvalue weighted by atomic mass is 10.2. The van der Waals surface area contributed by atoms with Crippen LogP contribution in [-0.4, -0.2) is 9.55 Å². The van der Waals surface area contributed by atoms with E-state index in [1.54, 1.807) is 22.9 Å². The average molecular weight is 222 g/mol. The first-order valence-corrected chi connectivity index (χ1v) is 5.38. The van der Waals surface area contributed by atoms with Crippen LogP contribution in [0.4, 0.5) is 0 Å². The fourth-order valence-corrected chi connectivity index (χ4v) is 1.89. The first-order chi connectivity index (χ1) is 8.36. The van der Waals surface area contributed by atoms with Crippen LogP contribution < -0.4 is 5.56 Å². The summed E-state index contributed by atoms with van der Waals surface area (Å²) in [5, 5.41) is 0.955. The van der Waals surface area contributed by atoms with Gasteiger partial charge in [0.05, 0.1) is 5.69 Å². The van der Waals surface area contributed by atoms with Crippen molar-refractivity contribution in [3.63, 3.8) is 0 Å². The molecule has 0 aliphatic rings. The maximum Gasteiger partial charge on any atom is 0.256 e. The first-order valence-electron chi connectivity index (χ1n) is 5.38. The third-order valence-corrected chi connectivity index (χ3v) is 2.67. The number of aromatic nitrogens is 2. The Bertz CT molecular complexity index is 717. The summed E-state index contributed by atoms with van der Waals surface area (Å²) in [6, 6.07) is 16.7. The highest BCUT2D eigenvalue weighted by atomic mass is 16.1. The van der Waals surface area contributed by atoms with Crippen LogP contribution >= 0.6 is 0 Å². The minimum Gasteiger partial charge on any atom is -0.269 e. The summed E-state index contributed by atoms with van der Waals surface area (Å²) in [5.41, 5.74) is 1.45. The SMILES string of the molecule is O=c1ccc2cccnc2n1-c1ccccc1. The maximum atomic E-state index is 12.0. The molecule has 0 amide bonds. The topological polar surface area (TPSA) is 34.9 Å². The molecule has 82 valence electrons. The van der Waals surface area contributed by atoms with Gasteiger partial charge in [0.15, 0.2) is 0 Å². The second-order valence-electron chi connectivity index (χ2n) is 3.76. The van der Waals surface area contributed by atoms with Crippen molar-refractivity contribution in [1.29, 1.82) is 0 Å². The van der Waals surface area contributed by atoms with Crippen LogP contribution in [-0.2, 0) is 0 Å². The van der Waals surface area contributed by atoms with E-state index < -0.39 is 0 Å². The monoisotopic (exact) mass is 222 g/mol. The molecule has 3 nitrogen and oxygen atoms in total. The molecule has 0 bridgehead atoms. The van der Waals surface area contributed by atoms with E-state index in [1.165, 1.54) is 0 Å². The Kier molecular flexibility index (Phi) is 2.22. The van der Waals surface area contributed by atoms with Crippen molar-refractivity contribution in [3.05, 3.63) is 71.1 Å². The van der Waals surface area contributed by atoms with Crippen LogP contribution in [0.5, 0.6) is 0 Å². The van der Waals surface area contributed by atoms with Gasteiger partial charge in [-0.3, -0.25) is 9.36 Å². The normalized spacial score (nSPS) is 10.6. The number of hydrogen-bond donors (Lipinski definition) is 0. The minimum atomic E-state index is -0.0672. The number of rotatable bonds is 1. The number of para-hydroxylation sites is 1. The van der Waals surface area contributed by atoms with Crippen molar-refractivity contribution in [2.75, 3.05) is 0 Å². The molecule has 0 saturated carbocycles. The number of benzene rings is 1. The van der Waals surface area contributed by atoms with Crippen LogP contribution in [0.3, 0.4) is 0 Å². The van der Waals surface area contributed by atoms with Gasteiger partial charge in [-0.2, -0.15) is 0 Å². The molecule has 0 aliphatic carbocycles. The van der Waals surface area contributed by atoms with Crippen molar-refractivity contribution >= 4 is 11.0 Å². The van der Waals surface area contributed by atoms with Crippen LogP contribution in [0.1, 0.15) is 0 Å². The number of hydrogen-bond acceptors (Lipinski definition) is 2. The van der Waals surface area contributed by atoms with Crippen LogP contribution in [0, 0.1) is 0 Å². The molecule has 3 heteroatoms. The van der Waals surface area contributed by atoms with E-state index in [-0.39, 0.29) is 5.56 Å². The Morgan fingerprint density at radius 3 is 2.53 bits per heavy atom. The highest BCUT2D eigenvalue weighted by Gasteiger charge is 2.04. The lowest BCUT2D eigenvalue weighted by Gasteiger charge is -2.08. The fraction of sp³-hybridized carbons (Fsp3) is 0. The fourth-order valence-electron chi connectivity index (χ4n) is 1.89. The zero-order valence-electron chi connectivity index (χ0n) is 9.08. The molecule has 3 aromatic rings. The summed E-state index contributed by atoms with van der Waals surface area (Å²) >= 11 is 0. The van der Waals surface area contributed by atoms with Crippen molar-refractivity contribution in [2.24, 2.45) is 0 Å². The Hall–Kier alpha value is -2.42. The molecule has 2 aromatic heterocycles. The molecule has 0 aliphatic heterocycles. The number of fused-ring (bicyclic) bond motifs is 1. The molecule has 2 heterocycles. The quantitative estimate of drug-likeness (QED) is 0.633. The largest absolute Gasteiger partial charge is 0.269 e. The zero-order valence-corrected chi connectivity index (χ0v) is 9.08. The van der Waals surface area contributed by atoms with E-state index in [1.807, 2.05) is 42.5 Å². The molecule has 0 atom stereocenters.